The molecule has 1 aromatic carbocycles. The third-order valence-electron chi connectivity index (χ3n) is 2.77. The summed E-state index contributed by atoms with van der Waals surface area (Å²) < 4.78 is 32.8. The van der Waals surface area contributed by atoms with E-state index in [1.165, 1.54) is 6.07 Å². The molecule has 19 heavy (non-hydrogen) atoms. The maximum absolute atomic E-state index is 13.8. The van der Waals surface area contributed by atoms with E-state index in [1.54, 1.807) is 6.92 Å². The van der Waals surface area contributed by atoms with Gasteiger partial charge in [-0.1, -0.05) is 13.3 Å². The minimum atomic E-state index is -0.722. The highest BCUT2D eigenvalue weighted by Gasteiger charge is 2.22. The van der Waals surface area contributed by atoms with E-state index in [4.69, 9.17) is 4.74 Å². The van der Waals surface area contributed by atoms with Crippen molar-refractivity contribution in [1.29, 1.82) is 0 Å². The Labute approximate surface area is 120 Å². The van der Waals surface area contributed by atoms with Gasteiger partial charge < -0.3 is 4.74 Å². The summed E-state index contributed by atoms with van der Waals surface area (Å²) in [5, 5.41) is 0. The number of halogens is 3. The van der Waals surface area contributed by atoms with Crippen molar-refractivity contribution in [3.05, 3.63) is 33.8 Å². The van der Waals surface area contributed by atoms with Gasteiger partial charge in [-0.05, 0) is 41.4 Å². The van der Waals surface area contributed by atoms with Crippen LogP contribution in [0.2, 0.25) is 0 Å². The number of Topliss-reactive ketones (excluding diaryl/α,β-unsaturated/α-hetero) is 1. The second kappa shape index (κ2) is 7.70. The van der Waals surface area contributed by atoms with Crippen molar-refractivity contribution in [3.8, 4) is 0 Å². The zero-order valence-electron chi connectivity index (χ0n) is 11.0. The molecule has 0 radical (unpaired) electrons. The molecule has 0 bridgehead atoms. The van der Waals surface area contributed by atoms with Gasteiger partial charge in [-0.2, -0.15) is 0 Å². The van der Waals surface area contributed by atoms with E-state index >= 15 is 0 Å². The van der Waals surface area contributed by atoms with Crippen molar-refractivity contribution in [2.45, 2.75) is 39.2 Å². The van der Waals surface area contributed by atoms with Gasteiger partial charge in [-0.15, -0.1) is 0 Å². The summed E-state index contributed by atoms with van der Waals surface area (Å²) in [7, 11) is 0. The highest BCUT2D eigenvalue weighted by atomic mass is 79.9. The Morgan fingerprint density at radius 1 is 1.37 bits per heavy atom. The molecule has 106 valence electrons. The standard InChI is InChI=1S/C14H17BrF2O2/c1-3-5-13(19-4-2)12(18)8-9-11(16)7-6-10(15)14(9)17/h6-7,13H,3-5,8H2,1-2H3. The number of ketones is 1. The van der Waals surface area contributed by atoms with Gasteiger partial charge in [0.25, 0.3) is 0 Å². The lowest BCUT2D eigenvalue weighted by atomic mass is 10.0. The molecule has 0 N–H and O–H groups in total. The first-order chi connectivity index (χ1) is 9.01. The molecule has 5 heteroatoms. The molecule has 1 aromatic rings. The minimum Gasteiger partial charge on any atom is -0.371 e. The van der Waals surface area contributed by atoms with E-state index in [0.717, 1.165) is 12.5 Å². The van der Waals surface area contributed by atoms with Crippen LogP contribution >= 0.6 is 15.9 Å². The molecule has 0 saturated heterocycles. The lowest BCUT2D eigenvalue weighted by Crippen LogP contribution is -2.26. The Kier molecular flexibility index (Phi) is 6.58. The van der Waals surface area contributed by atoms with Crippen LogP contribution in [0.5, 0.6) is 0 Å². The Morgan fingerprint density at radius 2 is 2.05 bits per heavy atom. The van der Waals surface area contributed by atoms with Gasteiger partial charge in [0.2, 0.25) is 0 Å². The smallest absolute Gasteiger partial charge is 0.166 e. The van der Waals surface area contributed by atoms with Crippen LogP contribution in [0.4, 0.5) is 8.78 Å². The second-order valence-corrected chi connectivity index (χ2v) is 5.05. The van der Waals surface area contributed by atoms with Gasteiger partial charge in [0.1, 0.15) is 17.7 Å². The van der Waals surface area contributed by atoms with Crippen LogP contribution in [0.3, 0.4) is 0 Å². The lowest BCUT2D eigenvalue weighted by Gasteiger charge is -2.15. The minimum absolute atomic E-state index is 0.153. The molecule has 0 amide bonds. The number of hydrogen-bond donors (Lipinski definition) is 0. The number of ether oxygens (including phenoxy) is 1. The maximum Gasteiger partial charge on any atom is 0.166 e. The first kappa shape index (κ1) is 16.2. The largest absolute Gasteiger partial charge is 0.371 e. The highest BCUT2D eigenvalue weighted by Crippen LogP contribution is 2.23. The van der Waals surface area contributed by atoms with Crippen LogP contribution in [-0.2, 0) is 16.0 Å². The maximum atomic E-state index is 13.8. The van der Waals surface area contributed by atoms with Crippen molar-refractivity contribution in [2.24, 2.45) is 0 Å². The number of benzene rings is 1. The average molecular weight is 335 g/mol. The summed E-state index contributed by atoms with van der Waals surface area (Å²) >= 11 is 2.98. The number of rotatable bonds is 7. The monoisotopic (exact) mass is 334 g/mol. The van der Waals surface area contributed by atoms with Crippen molar-refractivity contribution in [3.63, 3.8) is 0 Å². The molecule has 1 rings (SSSR count). The summed E-state index contributed by atoms with van der Waals surface area (Å²) in [5.41, 5.74) is -0.208. The van der Waals surface area contributed by atoms with Crippen LogP contribution in [0.25, 0.3) is 0 Å². The molecular formula is C14H17BrF2O2. The van der Waals surface area contributed by atoms with E-state index in [2.05, 4.69) is 15.9 Å². The summed E-state index contributed by atoms with van der Waals surface area (Å²) in [5.74, 6) is -1.72. The summed E-state index contributed by atoms with van der Waals surface area (Å²) in [6, 6.07) is 2.43. The number of hydrogen-bond acceptors (Lipinski definition) is 2. The second-order valence-electron chi connectivity index (χ2n) is 4.20. The van der Waals surface area contributed by atoms with E-state index < -0.39 is 17.7 Å². The Hall–Kier alpha value is -0.810. The van der Waals surface area contributed by atoms with Gasteiger partial charge in [-0.25, -0.2) is 8.78 Å². The Balaban J connectivity index is 2.89. The predicted molar refractivity (Wildman–Crippen MR) is 73.1 cm³/mol. The van der Waals surface area contributed by atoms with Crippen LogP contribution in [0, 0.1) is 11.6 Å². The molecular weight excluding hydrogens is 318 g/mol. The Morgan fingerprint density at radius 3 is 2.63 bits per heavy atom. The fourth-order valence-corrected chi connectivity index (χ4v) is 2.19. The molecule has 0 saturated carbocycles. The van der Waals surface area contributed by atoms with Crippen molar-refractivity contribution < 1.29 is 18.3 Å². The summed E-state index contributed by atoms with van der Waals surface area (Å²) in [6.07, 6.45) is 0.457. The van der Waals surface area contributed by atoms with E-state index in [-0.39, 0.29) is 22.2 Å². The van der Waals surface area contributed by atoms with Crippen molar-refractivity contribution >= 4 is 21.7 Å². The molecule has 0 spiro atoms. The fourth-order valence-electron chi connectivity index (χ4n) is 1.82. The number of carbonyl (C=O) groups excluding carboxylic acids is 1. The molecule has 2 nitrogen and oxygen atoms in total. The molecule has 0 fully saturated rings. The van der Waals surface area contributed by atoms with Crippen LogP contribution in [0.15, 0.2) is 16.6 Å². The first-order valence-corrected chi connectivity index (χ1v) is 7.07. The molecule has 0 aromatic heterocycles. The molecule has 0 heterocycles. The molecule has 0 aliphatic heterocycles. The molecule has 0 aliphatic rings. The van der Waals surface area contributed by atoms with Crippen molar-refractivity contribution in [1.82, 2.24) is 0 Å². The van der Waals surface area contributed by atoms with Gasteiger partial charge in [0.15, 0.2) is 5.78 Å². The normalized spacial score (nSPS) is 12.5. The number of carbonyl (C=O) groups is 1. The van der Waals surface area contributed by atoms with Crippen LogP contribution in [0.1, 0.15) is 32.3 Å². The van der Waals surface area contributed by atoms with Gasteiger partial charge >= 0.3 is 0 Å². The predicted octanol–water partition coefficient (Wildman–Crippen LogP) is 4.04. The first-order valence-electron chi connectivity index (χ1n) is 6.27. The van der Waals surface area contributed by atoms with E-state index in [9.17, 15) is 13.6 Å². The highest BCUT2D eigenvalue weighted by molar-refractivity contribution is 9.10. The topological polar surface area (TPSA) is 26.3 Å². The molecule has 1 unspecified atom stereocenters. The fraction of sp³-hybridized carbons (Fsp3) is 0.500. The SMILES string of the molecule is CCCC(OCC)C(=O)Cc1c(F)ccc(Br)c1F. The van der Waals surface area contributed by atoms with E-state index in [0.29, 0.717) is 13.0 Å². The van der Waals surface area contributed by atoms with Crippen LogP contribution in [-0.4, -0.2) is 18.5 Å². The zero-order chi connectivity index (χ0) is 14.4. The van der Waals surface area contributed by atoms with Gasteiger partial charge in [0.05, 0.1) is 4.47 Å². The lowest BCUT2D eigenvalue weighted by molar-refractivity contribution is -0.130. The molecule has 0 aliphatic carbocycles. The van der Waals surface area contributed by atoms with Crippen LogP contribution < -0.4 is 0 Å². The molecule has 1 atom stereocenters. The zero-order valence-corrected chi connectivity index (χ0v) is 12.6. The summed E-state index contributed by atoms with van der Waals surface area (Å²) in [6.45, 7) is 4.12. The average Bonchev–Trinajstić information content (AvgIpc) is 2.38. The Bertz CT molecular complexity index is 443. The third-order valence-corrected chi connectivity index (χ3v) is 3.38. The summed E-state index contributed by atoms with van der Waals surface area (Å²) in [4.78, 5) is 12.0. The van der Waals surface area contributed by atoms with Gasteiger partial charge in [-0.3, -0.25) is 4.79 Å². The van der Waals surface area contributed by atoms with Crippen molar-refractivity contribution in [2.75, 3.05) is 6.61 Å². The quantitative estimate of drug-likeness (QED) is 0.703. The third kappa shape index (κ3) is 4.35. The van der Waals surface area contributed by atoms with E-state index in [1.807, 2.05) is 6.92 Å². The van der Waals surface area contributed by atoms with Gasteiger partial charge in [0, 0.05) is 18.6 Å².